The van der Waals surface area contributed by atoms with Crippen LogP contribution >= 0.6 is 0 Å². The van der Waals surface area contributed by atoms with Crippen molar-refractivity contribution in [3.63, 3.8) is 0 Å². The van der Waals surface area contributed by atoms with Crippen molar-refractivity contribution < 1.29 is 18.3 Å². The zero-order valence-electron chi connectivity index (χ0n) is 14.6. The van der Waals surface area contributed by atoms with E-state index in [1.54, 1.807) is 18.2 Å². The average molecular weight is 365 g/mol. The molecule has 1 aromatic carbocycles. The first kappa shape index (κ1) is 18.6. The van der Waals surface area contributed by atoms with Crippen LogP contribution in [0.2, 0.25) is 0 Å². The maximum absolute atomic E-state index is 13.0. The fourth-order valence-corrected chi connectivity index (χ4v) is 3.37. The Morgan fingerprint density at radius 3 is 2.65 bits per heavy atom. The molecule has 0 aliphatic carbocycles. The van der Waals surface area contributed by atoms with Crippen LogP contribution in [0.4, 0.5) is 18.9 Å². The summed E-state index contributed by atoms with van der Waals surface area (Å²) in [5, 5.41) is 13.1. The predicted octanol–water partition coefficient (Wildman–Crippen LogP) is 3.05. The summed E-state index contributed by atoms with van der Waals surface area (Å²) in [6, 6.07) is 7.29. The summed E-state index contributed by atoms with van der Waals surface area (Å²) in [6.07, 6.45) is -2.36. The first-order valence-corrected chi connectivity index (χ1v) is 8.61. The van der Waals surface area contributed by atoms with Crippen LogP contribution < -0.4 is 5.32 Å². The monoisotopic (exact) mass is 365 g/mol. The number of halogens is 3. The Bertz CT molecular complexity index is 824. The fraction of sp³-hybridized carbons (Fsp3) is 0.474. The summed E-state index contributed by atoms with van der Waals surface area (Å²) in [7, 11) is 2.08. The number of aliphatic hydroxyl groups is 1. The Balaban J connectivity index is 1.98. The third kappa shape index (κ3) is 4.32. The van der Waals surface area contributed by atoms with Gasteiger partial charge in [-0.15, -0.1) is 0 Å². The molecule has 2 N–H and O–H groups in total. The van der Waals surface area contributed by atoms with Gasteiger partial charge in [0.15, 0.2) is 0 Å². The van der Waals surface area contributed by atoms with Gasteiger partial charge < -0.3 is 19.9 Å². The Kier molecular flexibility index (Phi) is 5.44. The highest BCUT2D eigenvalue weighted by molar-refractivity contribution is 5.94. The highest BCUT2D eigenvalue weighted by Crippen LogP contribution is 2.31. The van der Waals surface area contributed by atoms with Gasteiger partial charge in [0, 0.05) is 17.1 Å². The van der Waals surface area contributed by atoms with E-state index in [1.807, 2.05) is 6.07 Å². The van der Waals surface area contributed by atoms with E-state index in [0.29, 0.717) is 11.6 Å². The van der Waals surface area contributed by atoms with Gasteiger partial charge in [0.25, 0.3) is 0 Å². The smallest absolute Gasteiger partial charge is 0.384 e. The molecule has 2 aromatic rings. The number of nitrogens with one attached hydrogen (secondary N) is 1. The van der Waals surface area contributed by atoms with Gasteiger partial charge in [-0.05, 0) is 57.1 Å². The molecule has 1 saturated heterocycles. The van der Waals surface area contributed by atoms with Crippen LogP contribution in [0, 0.1) is 11.8 Å². The van der Waals surface area contributed by atoms with Gasteiger partial charge in [-0.2, -0.15) is 13.2 Å². The molecular formula is C19H22F3N3O. The lowest BCUT2D eigenvalue weighted by molar-refractivity contribution is -0.140. The molecule has 140 valence electrons. The van der Waals surface area contributed by atoms with E-state index >= 15 is 0 Å². The molecule has 1 aliphatic heterocycles. The van der Waals surface area contributed by atoms with E-state index in [4.69, 9.17) is 5.11 Å². The van der Waals surface area contributed by atoms with Crippen molar-refractivity contribution in [3.8, 4) is 11.8 Å². The highest BCUT2D eigenvalue weighted by Gasteiger charge is 2.30. The Morgan fingerprint density at radius 2 is 2.00 bits per heavy atom. The summed E-state index contributed by atoms with van der Waals surface area (Å²) in [4.78, 5) is 2.27. The molecule has 2 heterocycles. The van der Waals surface area contributed by atoms with Crippen LogP contribution in [0.15, 0.2) is 24.3 Å². The Hall–Kier alpha value is -2.17. The van der Waals surface area contributed by atoms with Crippen LogP contribution in [-0.2, 0) is 6.54 Å². The van der Waals surface area contributed by atoms with E-state index in [9.17, 15) is 13.2 Å². The van der Waals surface area contributed by atoms with Gasteiger partial charge >= 0.3 is 6.18 Å². The van der Waals surface area contributed by atoms with Crippen molar-refractivity contribution >= 4 is 16.6 Å². The highest BCUT2D eigenvalue weighted by atomic mass is 19.4. The molecule has 0 spiro atoms. The SMILES string of the molecule is CN1CCC(Nc2cccc3c2cc(C#CCO)n3CC(F)(F)F)CC1. The number of hydrogen-bond donors (Lipinski definition) is 2. The second-order valence-electron chi connectivity index (χ2n) is 6.65. The third-order valence-corrected chi connectivity index (χ3v) is 4.66. The molecule has 0 saturated carbocycles. The van der Waals surface area contributed by atoms with Gasteiger partial charge in [-0.1, -0.05) is 12.0 Å². The second-order valence-corrected chi connectivity index (χ2v) is 6.65. The number of nitrogens with zero attached hydrogens (tertiary/aromatic N) is 2. The van der Waals surface area contributed by atoms with Crippen LogP contribution in [0.1, 0.15) is 18.5 Å². The normalized spacial score (nSPS) is 16.5. The standard InChI is InChI=1S/C19H22F3N3O/c1-24-9-7-14(8-10-24)23-17-5-2-6-18-16(17)12-15(4-3-11-26)25(18)13-19(20,21)22/h2,5-6,12,14,23,26H,7-11,13H2,1H3. The van der Waals surface area contributed by atoms with Crippen molar-refractivity contribution in [1.29, 1.82) is 0 Å². The number of alkyl halides is 3. The first-order chi connectivity index (χ1) is 12.4. The van der Waals surface area contributed by atoms with Crippen LogP contribution in [-0.4, -0.2) is 53.5 Å². The number of anilines is 1. The molecular weight excluding hydrogens is 343 g/mol. The van der Waals surface area contributed by atoms with Gasteiger partial charge in [-0.25, -0.2) is 0 Å². The van der Waals surface area contributed by atoms with E-state index in [0.717, 1.165) is 41.6 Å². The molecule has 4 nitrogen and oxygen atoms in total. The van der Waals surface area contributed by atoms with Crippen molar-refractivity contribution in [2.24, 2.45) is 0 Å². The topological polar surface area (TPSA) is 40.4 Å². The maximum atomic E-state index is 13.0. The number of piperidine rings is 1. The van der Waals surface area contributed by atoms with Crippen molar-refractivity contribution in [1.82, 2.24) is 9.47 Å². The van der Waals surface area contributed by atoms with Crippen molar-refractivity contribution in [2.45, 2.75) is 31.6 Å². The minimum Gasteiger partial charge on any atom is -0.384 e. The van der Waals surface area contributed by atoms with Gasteiger partial charge in [0.2, 0.25) is 0 Å². The van der Waals surface area contributed by atoms with E-state index < -0.39 is 19.3 Å². The van der Waals surface area contributed by atoms with Crippen LogP contribution in [0.5, 0.6) is 0 Å². The summed E-state index contributed by atoms with van der Waals surface area (Å²) in [5.41, 5.74) is 1.57. The van der Waals surface area contributed by atoms with E-state index in [2.05, 4.69) is 29.1 Å². The number of fused-ring (bicyclic) bond motifs is 1. The number of aliphatic hydroxyl groups excluding tert-OH is 1. The fourth-order valence-electron chi connectivity index (χ4n) is 3.37. The molecule has 1 aliphatic rings. The van der Waals surface area contributed by atoms with Crippen molar-refractivity contribution in [2.75, 3.05) is 32.1 Å². The minimum absolute atomic E-state index is 0.254. The third-order valence-electron chi connectivity index (χ3n) is 4.66. The van der Waals surface area contributed by atoms with Crippen molar-refractivity contribution in [3.05, 3.63) is 30.0 Å². The number of likely N-dealkylation sites (tertiary alicyclic amines) is 1. The maximum Gasteiger partial charge on any atom is 0.406 e. The molecule has 7 heteroatoms. The summed E-state index contributed by atoms with van der Waals surface area (Å²) in [6.45, 7) is 0.490. The van der Waals surface area contributed by atoms with Crippen LogP contribution in [0.25, 0.3) is 10.9 Å². The first-order valence-electron chi connectivity index (χ1n) is 8.61. The molecule has 3 rings (SSSR count). The quantitative estimate of drug-likeness (QED) is 0.822. The number of rotatable bonds is 3. The van der Waals surface area contributed by atoms with Gasteiger partial charge in [0.1, 0.15) is 13.2 Å². The molecule has 0 amide bonds. The van der Waals surface area contributed by atoms with E-state index in [1.165, 1.54) is 0 Å². The average Bonchev–Trinajstić information content (AvgIpc) is 2.92. The number of benzene rings is 1. The van der Waals surface area contributed by atoms with Gasteiger partial charge in [0.05, 0.1) is 11.2 Å². The molecule has 0 bridgehead atoms. The molecule has 0 atom stereocenters. The zero-order valence-corrected chi connectivity index (χ0v) is 14.6. The molecule has 1 aromatic heterocycles. The Morgan fingerprint density at radius 1 is 1.27 bits per heavy atom. The molecule has 26 heavy (non-hydrogen) atoms. The summed E-state index contributed by atoms with van der Waals surface area (Å²) in [5.74, 6) is 5.09. The van der Waals surface area contributed by atoms with Gasteiger partial charge in [-0.3, -0.25) is 0 Å². The lowest BCUT2D eigenvalue weighted by Gasteiger charge is -2.30. The number of aromatic nitrogens is 1. The largest absolute Gasteiger partial charge is 0.406 e. The second kappa shape index (κ2) is 7.60. The lowest BCUT2D eigenvalue weighted by atomic mass is 10.0. The van der Waals surface area contributed by atoms with Crippen LogP contribution in [0.3, 0.4) is 0 Å². The summed E-state index contributed by atoms with van der Waals surface area (Å²) >= 11 is 0. The summed E-state index contributed by atoms with van der Waals surface area (Å²) < 4.78 is 40.2. The Labute approximate surface area is 150 Å². The minimum atomic E-state index is -4.35. The molecule has 1 fully saturated rings. The molecule has 0 unspecified atom stereocenters. The zero-order chi connectivity index (χ0) is 18.7. The van der Waals surface area contributed by atoms with E-state index in [-0.39, 0.29) is 5.69 Å². The molecule has 0 radical (unpaired) electrons. The lowest BCUT2D eigenvalue weighted by Crippen LogP contribution is -2.36. The number of hydrogen-bond acceptors (Lipinski definition) is 3. The predicted molar refractivity (Wildman–Crippen MR) is 96.1 cm³/mol.